The predicted octanol–water partition coefficient (Wildman–Crippen LogP) is 1.18. The van der Waals surface area contributed by atoms with E-state index in [1.54, 1.807) is 35.5 Å². The molecule has 2 saturated heterocycles. The number of hydrogen-bond donors (Lipinski definition) is 1. The van der Waals surface area contributed by atoms with Crippen molar-refractivity contribution in [2.75, 3.05) is 19.6 Å². The van der Waals surface area contributed by atoms with Crippen LogP contribution in [0.25, 0.3) is 5.69 Å². The molecule has 0 spiro atoms. The van der Waals surface area contributed by atoms with Crippen LogP contribution in [0.3, 0.4) is 0 Å². The average molecular weight is 385 g/mol. The number of para-hydroxylation sites is 1. The van der Waals surface area contributed by atoms with Gasteiger partial charge >= 0.3 is 0 Å². The van der Waals surface area contributed by atoms with Crippen LogP contribution in [-0.4, -0.2) is 63.1 Å². The first-order valence-corrected chi connectivity index (χ1v) is 9.55. The van der Waals surface area contributed by atoms with Crippen LogP contribution in [0.2, 0.25) is 0 Å². The Bertz CT molecular complexity index is 896. The highest BCUT2D eigenvalue weighted by Gasteiger charge is 2.44. The first-order valence-electron chi connectivity index (χ1n) is 9.55. The SMILES string of the molecule is CC(C)[C@H]1NC(=O)[C@H]2CN(Cc3cnn(-c4ccccc4F)c3)CCN2C1=O. The van der Waals surface area contributed by atoms with Crippen LogP contribution in [0, 0.1) is 11.7 Å². The molecule has 1 N–H and O–H groups in total. The molecule has 2 aliphatic rings. The van der Waals surface area contributed by atoms with Gasteiger partial charge in [0, 0.05) is 37.9 Å². The molecule has 3 heterocycles. The zero-order chi connectivity index (χ0) is 19.8. The Morgan fingerprint density at radius 2 is 2.04 bits per heavy atom. The number of rotatable bonds is 4. The summed E-state index contributed by atoms with van der Waals surface area (Å²) in [6, 6.07) is 5.59. The number of aromatic nitrogens is 2. The molecule has 4 rings (SSSR count). The Morgan fingerprint density at radius 1 is 1.25 bits per heavy atom. The second-order valence-corrected chi connectivity index (χ2v) is 7.76. The minimum Gasteiger partial charge on any atom is -0.342 e. The van der Waals surface area contributed by atoms with Gasteiger partial charge < -0.3 is 10.2 Å². The Kier molecular flexibility index (Phi) is 4.89. The first-order chi connectivity index (χ1) is 13.4. The second kappa shape index (κ2) is 7.35. The molecule has 2 atom stereocenters. The number of carbonyl (C=O) groups is 2. The maximum atomic E-state index is 13.9. The molecule has 7 nitrogen and oxygen atoms in total. The van der Waals surface area contributed by atoms with Crippen LogP contribution < -0.4 is 5.32 Å². The third-order valence-corrected chi connectivity index (χ3v) is 5.42. The molecule has 1 aromatic heterocycles. The summed E-state index contributed by atoms with van der Waals surface area (Å²) < 4.78 is 15.5. The number of benzene rings is 1. The summed E-state index contributed by atoms with van der Waals surface area (Å²) in [5, 5.41) is 7.12. The molecule has 0 saturated carbocycles. The molecule has 2 aromatic rings. The number of halogens is 1. The molecular formula is C20H24FN5O2. The van der Waals surface area contributed by atoms with Crippen molar-refractivity contribution in [3.05, 3.63) is 48.0 Å². The molecule has 2 aliphatic heterocycles. The quantitative estimate of drug-likeness (QED) is 0.858. The van der Waals surface area contributed by atoms with Gasteiger partial charge in [-0.2, -0.15) is 5.10 Å². The number of nitrogens with one attached hydrogen (secondary N) is 1. The van der Waals surface area contributed by atoms with E-state index in [-0.39, 0.29) is 23.5 Å². The van der Waals surface area contributed by atoms with E-state index in [0.29, 0.717) is 31.9 Å². The molecule has 2 amide bonds. The predicted molar refractivity (Wildman–Crippen MR) is 101 cm³/mol. The summed E-state index contributed by atoms with van der Waals surface area (Å²) in [5.41, 5.74) is 1.33. The summed E-state index contributed by atoms with van der Waals surface area (Å²) in [7, 11) is 0. The Morgan fingerprint density at radius 3 is 2.79 bits per heavy atom. The molecular weight excluding hydrogens is 361 g/mol. The monoisotopic (exact) mass is 385 g/mol. The van der Waals surface area contributed by atoms with Gasteiger partial charge in [-0.3, -0.25) is 14.5 Å². The fourth-order valence-corrected chi connectivity index (χ4v) is 3.88. The van der Waals surface area contributed by atoms with Gasteiger partial charge in [0.25, 0.3) is 0 Å². The Labute approximate surface area is 163 Å². The van der Waals surface area contributed by atoms with Crippen LogP contribution in [0.15, 0.2) is 36.7 Å². The molecule has 2 fully saturated rings. The lowest BCUT2D eigenvalue weighted by Crippen LogP contribution is -2.70. The van der Waals surface area contributed by atoms with Crippen molar-refractivity contribution < 1.29 is 14.0 Å². The molecule has 0 aliphatic carbocycles. The maximum Gasteiger partial charge on any atom is 0.246 e. The summed E-state index contributed by atoms with van der Waals surface area (Å²) in [6.07, 6.45) is 3.51. The highest BCUT2D eigenvalue weighted by atomic mass is 19.1. The Hall–Kier alpha value is -2.74. The fourth-order valence-electron chi connectivity index (χ4n) is 3.88. The molecule has 0 radical (unpaired) electrons. The number of amides is 2. The van der Waals surface area contributed by atoms with Crippen LogP contribution in [0.4, 0.5) is 4.39 Å². The third-order valence-electron chi connectivity index (χ3n) is 5.42. The standard InChI is InChI=1S/C20H24FN5O2/c1-13(2)18-20(28)25-8-7-24(12-17(25)19(27)23-18)10-14-9-22-26(11-14)16-6-4-3-5-15(16)21/h3-6,9,11,13,17-18H,7-8,10,12H2,1-2H3,(H,23,27)/t17-,18-/m1/s1. The van der Waals surface area contributed by atoms with Crippen molar-refractivity contribution in [1.82, 2.24) is 24.9 Å². The van der Waals surface area contributed by atoms with Gasteiger partial charge in [0.15, 0.2) is 0 Å². The number of piperazine rings is 2. The number of hydrogen-bond acceptors (Lipinski definition) is 4. The molecule has 148 valence electrons. The third kappa shape index (κ3) is 3.40. The summed E-state index contributed by atoms with van der Waals surface area (Å²) in [4.78, 5) is 29.0. The van der Waals surface area contributed by atoms with Crippen molar-refractivity contribution in [1.29, 1.82) is 0 Å². The van der Waals surface area contributed by atoms with Crippen molar-refractivity contribution >= 4 is 11.8 Å². The fraction of sp³-hybridized carbons (Fsp3) is 0.450. The second-order valence-electron chi connectivity index (χ2n) is 7.76. The van der Waals surface area contributed by atoms with Gasteiger partial charge in [-0.25, -0.2) is 9.07 Å². The minimum atomic E-state index is -0.460. The van der Waals surface area contributed by atoms with Crippen molar-refractivity contribution in [2.45, 2.75) is 32.5 Å². The topological polar surface area (TPSA) is 70.5 Å². The van der Waals surface area contributed by atoms with E-state index in [2.05, 4.69) is 15.3 Å². The lowest BCUT2D eigenvalue weighted by Gasteiger charge is -2.46. The van der Waals surface area contributed by atoms with Crippen molar-refractivity contribution in [3.63, 3.8) is 0 Å². The maximum absolute atomic E-state index is 13.9. The summed E-state index contributed by atoms with van der Waals surface area (Å²) in [6.45, 7) is 6.16. The van der Waals surface area contributed by atoms with E-state index in [1.165, 1.54) is 10.7 Å². The van der Waals surface area contributed by atoms with Gasteiger partial charge in [0.2, 0.25) is 11.8 Å². The number of carbonyl (C=O) groups excluding carboxylic acids is 2. The van der Waals surface area contributed by atoms with E-state index < -0.39 is 12.1 Å². The number of fused-ring (bicyclic) bond motifs is 1. The zero-order valence-corrected chi connectivity index (χ0v) is 16.0. The molecule has 8 heteroatoms. The average Bonchev–Trinajstić information content (AvgIpc) is 3.13. The van der Waals surface area contributed by atoms with Gasteiger partial charge in [0.1, 0.15) is 23.6 Å². The van der Waals surface area contributed by atoms with E-state index in [4.69, 9.17) is 0 Å². The highest BCUT2D eigenvalue weighted by molar-refractivity contribution is 5.97. The lowest BCUT2D eigenvalue weighted by atomic mass is 9.96. The van der Waals surface area contributed by atoms with Crippen LogP contribution in [0.1, 0.15) is 19.4 Å². The Balaban J connectivity index is 1.44. The van der Waals surface area contributed by atoms with E-state index in [0.717, 1.165) is 5.56 Å². The van der Waals surface area contributed by atoms with Crippen LogP contribution in [-0.2, 0) is 16.1 Å². The highest BCUT2D eigenvalue weighted by Crippen LogP contribution is 2.21. The summed E-state index contributed by atoms with van der Waals surface area (Å²) in [5.74, 6) is -0.348. The number of nitrogens with zero attached hydrogens (tertiary/aromatic N) is 4. The van der Waals surface area contributed by atoms with E-state index >= 15 is 0 Å². The van der Waals surface area contributed by atoms with Crippen molar-refractivity contribution in [2.24, 2.45) is 5.92 Å². The van der Waals surface area contributed by atoms with Crippen LogP contribution >= 0.6 is 0 Å². The van der Waals surface area contributed by atoms with Crippen LogP contribution in [0.5, 0.6) is 0 Å². The van der Waals surface area contributed by atoms with E-state index in [1.807, 2.05) is 13.8 Å². The summed E-state index contributed by atoms with van der Waals surface area (Å²) >= 11 is 0. The smallest absolute Gasteiger partial charge is 0.246 e. The van der Waals surface area contributed by atoms with Gasteiger partial charge in [-0.1, -0.05) is 26.0 Å². The van der Waals surface area contributed by atoms with E-state index in [9.17, 15) is 14.0 Å². The minimum absolute atomic E-state index is 0.00613. The molecule has 0 unspecified atom stereocenters. The first kappa shape index (κ1) is 18.6. The largest absolute Gasteiger partial charge is 0.342 e. The van der Waals surface area contributed by atoms with Crippen molar-refractivity contribution in [3.8, 4) is 5.69 Å². The lowest BCUT2D eigenvalue weighted by molar-refractivity contribution is -0.154. The zero-order valence-electron chi connectivity index (χ0n) is 16.0. The van der Waals surface area contributed by atoms with Gasteiger partial charge in [-0.15, -0.1) is 0 Å². The molecule has 28 heavy (non-hydrogen) atoms. The van der Waals surface area contributed by atoms with Gasteiger partial charge in [0.05, 0.1) is 6.20 Å². The molecule has 1 aromatic carbocycles. The van der Waals surface area contributed by atoms with Gasteiger partial charge in [-0.05, 0) is 18.1 Å². The molecule has 0 bridgehead atoms. The normalized spacial score (nSPS) is 23.1.